The van der Waals surface area contributed by atoms with Crippen LogP contribution in [0, 0.1) is 0 Å². The van der Waals surface area contributed by atoms with Gasteiger partial charge < -0.3 is 5.32 Å². The molecule has 0 aliphatic carbocycles. The molecule has 1 rings (SSSR count). The highest BCUT2D eigenvalue weighted by Crippen LogP contribution is 2.05. The molecule has 0 saturated heterocycles. The summed E-state index contributed by atoms with van der Waals surface area (Å²) in [5.41, 5.74) is 0. The maximum absolute atomic E-state index is 11.7. The van der Waals surface area contributed by atoms with Crippen LogP contribution in [0.2, 0.25) is 0 Å². The van der Waals surface area contributed by atoms with E-state index in [4.69, 9.17) is 0 Å². The first-order valence-corrected chi connectivity index (χ1v) is 6.30. The van der Waals surface area contributed by atoms with Gasteiger partial charge in [0.1, 0.15) is 0 Å². The van der Waals surface area contributed by atoms with Crippen LogP contribution in [0.25, 0.3) is 0 Å². The lowest BCUT2D eigenvalue weighted by Crippen LogP contribution is -2.33. The highest BCUT2D eigenvalue weighted by molar-refractivity contribution is 7.89. The third kappa shape index (κ3) is 4.00. The average Bonchev–Trinajstić information content (AvgIpc) is 2.26. The second-order valence-corrected chi connectivity index (χ2v) is 4.96. The third-order valence-electron chi connectivity index (χ3n) is 1.84. The Morgan fingerprint density at radius 1 is 1.19 bits per heavy atom. The van der Waals surface area contributed by atoms with Gasteiger partial charge in [0.15, 0.2) is 0 Å². The molecule has 6 heteroatoms. The van der Waals surface area contributed by atoms with Crippen LogP contribution in [-0.4, -0.2) is 27.4 Å². The summed E-state index contributed by atoms with van der Waals surface area (Å²) in [6.45, 7) is 1.84. The first kappa shape index (κ1) is 12.7. The van der Waals surface area contributed by atoms with Crippen molar-refractivity contribution in [3.05, 3.63) is 30.3 Å². The van der Waals surface area contributed by atoms with Crippen molar-refractivity contribution in [2.75, 3.05) is 13.1 Å². The van der Waals surface area contributed by atoms with E-state index in [1.807, 2.05) is 0 Å². The highest BCUT2D eigenvalue weighted by Gasteiger charge is 2.11. The van der Waals surface area contributed by atoms with Gasteiger partial charge in [-0.05, 0) is 12.1 Å². The molecule has 0 bridgehead atoms. The van der Waals surface area contributed by atoms with E-state index in [9.17, 15) is 13.2 Å². The SMILES string of the molecule is CC(=O)NCCNS(=O)(=O)c1ccccc1. The molecule has 0 heterocycles. The number of benzene rings is 1. The van der Waals surface area contributed by atoms with Crippen molar-refractivity contribution in [3.8, 4) is 0 Å². The fourth-order valence-electron chi connectivity index (χ4n) is 1.11. The molecule has 16 heavy (non-hydrogen) atoms. The summed E-state index contributed by atoms with van der Waals surface area (Å²) in [7, 11) is -3.46. The van der Waals surface area contributed by atoms with Crippen molar-refractivity contribution < 1.29 is 13.2 Å². The standard InChI is InChI=1S/C10H14N2O3S/c1-9(13)11-7-8-12-16(14,15)10-5-3-2-4-6-10/h2-6,12H,7-8H2,1H3,(H,11,13). The van der Waals surface area contributed by atoms with E-state index >= 15 is 0 Å². The van der Waals surface area contributed by atoms with Gasteiger partial charge in [-0.25, -0.2) is 13.1 Å². The Bertz CT molecular complexity index is 442. The van der Waals surface area contributed by atoms with Gasteiger partial charge in [-0.2, -0.15) is 0 Å². The van der Waals surface area contributed by atoms with Crippen molar-refractivity contribution in [3.63, 3.8) is 0 Å². The van der Waals surface area contributed by atoms with Crippen LogP contribution in [0.4, 0.5) is 0 Å². The molecule has 0 aromatic heterocycles. The van der Waals surface area contributed by atoms with E-state index < -0.39 is 10.0 Å². The maximum atomic E-state index is 11.7. The summed E-state index contributed by atoms with van der Waals surface area (Å²) in [4.78, 5) is 10.8. The zero-order chi connectivity index (χ0) is 12.0. The lowest BCUT2D eigenvalue weighted by atomic mass is 10.4. The van der Waals surface area contributed by atoms with Crippen LogP contribution >= 0.6 is 0 Å². The second-order valence-electron chi connectivity index (χ2n) is 3.19. The number of hydrogen-bond donors (Lipinski definition) is 2. The van der Waals surface area contributed by atoms with Crippen LogP contribution in [-0.2, 0) is 14.8 Å². The molecule has 0 aliphatic rings. The van der Waals surface area contributed by atoms with Gasteiger partial charge in [0.05, 0.1) is 4.90 Å². The Morgan fingerprint density at radius 2 is 1.81 bits per heavy atom. The quantitative estimate of drug-likeness (QED) is 0.719. The van der Waals surface area contributed by atoms with Gasteiger partial charge in [0.2, 0.25) is 15.9 Å². The molecule has 1 amide bonds. The summed E-state index contributed by atoms with van der Waals surface area (Å²) in [6, 6.07) is 8.09. The van der Waals surface area contributed by atoms with E-state index in [1.54, 1.807) is 18.2 Å². The first-order chi connectivity index (χ1) is 7.52. The molecular weight excluding hydrogens is 228 g/mol. The summed E-state index contributed by atoms with van der Waals surface area (Å²) >= 11 is 0. The van der Waals surface area contributed by atoms with Crippen molar-refractivity contribution in [1.82, 2.24) is 10.0 Å². The fourth-order valence-corrected chi connectivity index (χ4v) is 2.16. The number of carbonyl (C=O) groups excluding carboxylic acids is 1. The van der Waals surface area contributed by atoms with Crippen molar-refractivity contribution >= 4 is 15.9 Å². The molecule has 0 spiro atoms. The lowest BCUT2D eigenvalue weighted by Gasteiger charge is -2.06. The molecule has 0 aliphatic heterocycles. The first-order valence-electron chi connectivity index (χ1n) is 4.81. The van der Waals surface area contributed by atoms with Crippen molar-refractivity contribution in [2.45, 2.75) is 11.8 Å². The van der Waals surface area contributed by atoms with Gasteiger partial charge >= 0.3 is 0 Å². The molecule has 1 aromatic rings. The Balaban J connectivity index is 2.51. The summed E-state index contributed by atoms with van der Waals surface area (Å²) in [6.07, 6.45) is 0. The molecule has 0 fully saturated rings. The second kappa shape index (κ2) is 5.62. The Kier molecular flexibility index (Phi) is 4.45. The van der Waals surface area contributed by atoms with Gasteiger partial charge in [0.25, 0.3) is 0 Å². The lowest BCUT2D eigenvalue weighted by molar-refractivity contribution is -0.118. The van der Waals surface area contributed by atoms with Crippen LogP contribution in [0.15, 0.2) is 35.2 Å². The van der Waals surface area contributed by atoms with E-state index in [1.165, 1.54) is 19.1 Å². The zero-order valence-electron chi connectivity index (χ0n) is 8.93. The smallest absolute Gasteiger partial charge is 0.240 e. The monoisotopic (exact) mass is 242 g/mol. The van der Waals surface area contributed by atoms with Crippen LogP contribution < -0.4 is 10.0 Å². The average molecular weight is 242 g/mol. The Labute approximate surface area is 94.9 Å². The summed E-state index contributed by atoms with van der Waals surface area (Å²) < 4.78 is 25.7. The molecule has 1 aromatic carbocycles. The van der Waals surface area contributed by atoms with Gasteiger partial charge in [0, 0.05) is 20.0 Å². The molecular formula is C10H14N2O3S. The predicted molar refractivity (Wildman–Crippen MR) is 60.3 cm³/mol. The number of sulfonamides is 1. The van der Waals surface area contributed by atoms with Gasteiger partial charge in [-0.3, -0.25) is 4.79 Å². The summed E-state index contributed by atoms with van der Waals surface area (Å²) in [5.74, 6) is -0.182. The Hall–Kier alpha value is -1.40. The number of amides is 1. The molecule has 88 valence electrons. The zero-order valence-corrected chi connectivity index (χ0v) is 9.75. The largest absolute Gasteiger partial charge is 0.355 e. The maximum Gasteiger partial charge on any atom is 0.240 e. The summed E-state index contributed by atoms with van der Waals surface area (Å²) in [5, 5.41) is 2.50. The Morgan fingerprint density at radius 3 is 2.38 bits per heavy atom. The molecule has 5 nitrogen and oxygen atoms in total. The number of carbonyl (C=O) groups is 1. The normalized spacial score (nSPS) is 11.1. The van der Waals surface area contributed by atoms with E-state index in [0.29, 0.717) is 0 Å². The van der Waals surface area contributed by atoms with E-state index in [-0.39, 0.29) is 23.9 Å². The minimum Gasteiger partial charge on any atom is -0.355 e. The molecule has 0 atom stereocenters. The molecule has 0 radical (unpaired) electrons. The minimum absolute atomic E-state index is 0.177. The third-order valence-corrected chi connectivity index (χ3v) is 3.32. The van der Waals surface area contributed by atoms with Crippen molar-refractivity contribution in [1.29, 1.82) is 0 Å². The van der Waals surface area contributed by atoms with E-state index in [2.05, 4.69) is 10.0 Å². The minimum atomic E-state index is -3.46. The topological polar surface area (TPSA) is 75.3 Å². The van der Waals surface area contributed by atoms with Gasteiger partial charge in [-0.15, -0.1) is 0 Å². The fraction of sp³-hybridized carbons (Fsp3) is 0.300. The molecule has 2 N–H and O–H groups in total. The van der Waals surface area contributed by atoms with Gasteiger partial charge in [-0.1, -0.05) is 18.2 Å². The van der Waals surface area contributed by atoms with Crippen molar-refractivity contribution in [2.24, 2.45) is 0 Å². The molecule has 0 saturated carbocycles. The van der Waals surface area contributed by atoms with E-state index in [0.717, 1.165) is 0 Å². The highest BCUT2D eigenvalue weighted by atomic mass is 32.2. The number of nitrogens with one attached hydrogen (secondary N) is 2. The van der Waals surface area contributed by atoms with Crippen LogP contribution in [0.1, 0.15) is 6.92 Å². The van der Waals surface area contributed by atoms with Crippen LogP contribution in [0.5, 0.6) is 0 Å². The number of rotatable bonds is 5. The molecule has 0 unspecified atom stereocenters. The number of hydrogen-bond acceptors (Lipinski definition) is 3. The van der Waals surface area contributed by atoms with Crippen LogP contribution in [0.3, 0.4) is 0 Å². The predicted octanol–water partition coefficient (Wildman–Crippen LogP) is 0.101.